The maximum absolute atomic E-state index is 4.55. The van der Waals surface area contributed by atoms with Gasteiger partial charge in [-0.25, -0.2) is 0 Å². The third-order valence-electron chi connectivity index (χ3n) is 3.88. The SMILES string of the molecule is CCCNC(Cc1ccn(C)n1)C1CSC(C)C(C)S1. The second-order valence-corrected chi connectivity index (χ2v) is 8.70. The van der Waals surface area contributed by atoms with Gasteiger partial charge in [-0.15, -0.1) is 0 Å². The summed E-state index contributed by atoms with van der Waals surface area (Å²) in [5.74, 6) is 1.25. The zero-order valence-electron chi connectivity index (χ0n) is 13.0. The van der Waals surface area contributed by atoms with Crippen LogP contribution in [0, 0.1) is 0 Å². The normalized spacial score (nSPS) is 28.5. The van der Waals surface area contributed by atoms with Gasteiger partial charge in [0.1, 0.15) is 0 Å². The van der Waals surface area contributed by atoms with Crippen molar-refractivity contribution in [1.82, 2.24) is 15.1 Å². The van der Waals surface area contributed by atoms with Crippen LogP contribution in [0.3, 0.4) is 0 Å². The van der Waals surface area contributed by atoms with Gasteiger partial charge in [0.15, 0.2) is 0 Å². The first-order valence-electron chi connectivity index (χ1n) is 7.59. The number of hydrogen-bond donors (Lipinski definition) is 1. The minimum Gasteiger partial charge on any atom is -0.312 e. The van der Waals surface area contributed by atoms with E-state index in [1.165, 1.54) is 17.9 Å². The molecule has 114 valence electrons. The Hall–Kier alpha value is -0.130. The summed E-state index contributed by atoms with van der Waals surface area (Å²) in [7, 11) is 1.99. The van der Waals surface area contributed by atoms with E-state index in [1.54, 1.807) is 0 Å². The number of hydrogen-bond acceptors (Lipinski definition) is 4. The fourth-order valence-corrected chi connectivity index (χ4v) is 5.61. The predicted molar refractivity (Wildman–Crippen MR) is 91.8 cm³/mol. The molecule has 1 N–H and O–H groups in total. The standard InChI is InChI=1S/C15H27N3S2/c1-5-7-16-14(9-13-6-8-18(4)17-13)15-10-19-11(2)12(3)20-15/h6,8,11-12,14-16H,5,7,9-10H2,1-4H3. The first-order chi connectivity index (χ1) is 9.60. The van der Waals surface area contributed by atoms with Gasteiger partial charge in [-0.2, -0.15) is 28.6 Å². The Morgan fingerprint density at radius 1 is 1.45 bits per heavy atom. The topological polar surface area (TPSA) is 29.9 Å². The van der Waals surface area contributed by atoms with E-state index in [9.17, 15) is 0 Å². The third-order valence-corrected chi connectivity index (χ3v) is 7.43. The van der Waals surface area contributed by atoms with Gasteiger partial charge in [0.05, 0.1) is 5.69 Å². The molecule has 1 aromatic heterocycles. The largest absolute Gasteiger partial charge is 0.312 e. The van der Waals surface area contributed by atoms with E-state index in [1.807, 2.05) is 17.9 Å². The Kier molecular flexibility index (Phi) is 6.30. The molecule has 2 heterocycles. The molecule has 2 rings (SSSR count). The van der Waals surface area contributed by atoms with Crippen molar-refractivity contribution in [3.8, 4) is 0 Å². The first-order valence-corrected chi connectivity index (χ1v) is 9.58. The molecule has 1 fully saturated rings. The van der Waals surface area contributed by atoms with Crippen molar-refractivity contribution in [3.05, 3.63) is 18.0 Å². The molecular weight excluding hydrogens is 286 g/mol. The van der Waals surface area contributed by atoms with E-state index in [2.05, 4.69) is 60.8 Å². The molecule has 0 radical (unpaired) electrons. The zero-order chi connectivity index (χ0) is 14.5. The Bertz CT molecular complexity index is 408. The molecule has 0 amide bonds. The summed E-state index contributed by atoms with van der Waals surface area (Å²) < 4.78 is 1.90. The van der Waals surface area contributed by atoms with Crippen LogP contribution in [-0.2, 0) is 13.5 Å². The Morgan fingerprint density at radius 2 is 2.25 bits per heavy atom. The fourth-order valence-electron chi connectivity index (χ4n) is 2.48. The molecule has 0 aliphatic carbocycles. The lowest BCUT2D eigenvalue weighted by Gasteiger charge is -2.36. The Balaban J connectivity index is 1.99. The number of nitrogens with zero attached hydrogens (tertiary/aromatic N) is 2. The van der Waals surface area contributed by atoms with Crippen molar-refractivity contribution in [2.75, 3.05) is 12.3 Å². The molecule has 0 saturated carbocycles. The molecule has 1 aliphatic heterocycles. The predicted octanol–water partition coefficient (Wildman–Crippen LogP) is 2.96. The molecule has 1 aromatic rings. The van der Waals surface area contributed by atoms with Gasteiger partial charge in [-0.3, -0.25) is 4.68 Å². The average Bonchev–Trinajstić information content (AvgIpc) is 2.83. The highest BCUT2D eigenvalue weighted by atomic mass is 32.2. The van der Waals surface area contributed by atoms with E-state index in [0.717, 1.165) is 23.5 Å². The average molecular weight is 314 g/mol. The lowest BCUT2D eigenvalue weighted by Crippen LogP contribution is -2.45. The van der Waals surface area contributed by atoms with Crippen LogP contribution in [0.5, 0.6) is 0 Å². The number of thioether (sulfide) groups is 2. The lowest BCUT2D eigenvalue weighted by atomic mass is 10.1. The Labute approximate surface area is 131 Å². The first kappa shape index (κ1) is 16.2. The van der Waals surface area contributed by atoms with E-state index >= 15 is 0 Å². The Morgan fingerprint density at radius 3 is 2.85 bits per heavy atom. The molecule has 4 unspecified atom stereocenters. The van der Waals surface area contributed by atoms with Gasteiger partial charge in [0.25, 0.3) is 0 Å². The van der Waals surface area contributed by atoms with E-state index < -0.39 is 0 Å². The van der Waals surface area contributed by atoms with Crippen LogP contribution in [0.4, 0.5) is 0 Å². The summed E-state index contributed by atoms with van der Waals surface area (Å²) in [6, 6.07) is 2.69. The molecule has 5 heteroatoms. The highest BCUT2D eigenvalue weighted by Crippen LogP contribution is 2.37. The van der Waals surface area contributed by atoms with Crippen LogP contribution in [0.2, 0.25) is 0 Å². The number of aromatic nitrogens is 2. The summed E-state index contributed by atoms with van der Waals surface area (Å²) >= 11 is 4.29. The van der Waals surface area contributed by atoms with Crippen molar-refractivity contribution >= 4 is 23.5 Å². The summed E-state index contributed by atoms with van der Waals surface area (Å²) in [6.45, 7) is 8.05. The van der Waals surface area contributed by atoms with E-state index in [-0.39, 0.29) is 0 Å². The molecule has 0 spiro atoms. The highest BCUT2D eigenvalue weighted by molar-refractivity contribution is 8.07. The number of nitrogens with one attached hydrogen (secondary N) is 1. The fraction of sp³-hybridized carbons (Fsp3) is 0.800. The van der Waals surface area contributed by atoms with E-state index in [4.69, 9.17) is 0 Å². The van der Waals surface area contributed by atoms with Crippen molar-refractivity contribution in [2.45, 2.75) is 55.4 Å². The van der Waals surface area contributed by atoms with E-state index in [0.29, 0.717) is 11.3 Å². The second-order valence-electron chi connectivity index (χ2n) is 5.66. The van der Waals surface area contributed by atoms with Crippen molar-refractivity contribution in [2.24, 2.45) is 7.05 Å². The van der Waals surface area contributed by atoms with Gasteiger partial charge >= 0.3 is 0 Å². The third kappa shape index (κ3) is 4.43. The maximum Gasteiger partial charge on any atom is 0.0640 e. The summed E-state index contributed by atoms with van der Waals surface area (Å²) in [5, 5.41) is 10.5. The zero-order valence-corrected chi connectivity index (χ0v) is 14.6. The summed E-state index contributed by atoms with van der Waals surface area (Å²) in [5.41, 5.74) is 1.21. The molecule has 20 heavy (non-hydrogen) atoms. The second kappa shape index (κ2) is 7.76. The smallest absolute Gasteiger partial charge is 0.0640 e. The van der Waals surface area contributed by atoms with Crippen molar-refractivity contribution in [3.63, 3.8) is 0 Å². The van der Waals surface area contributed by atoms with Crippen LogP contribution < -0.4 is 5.32 Å². The van der Waals surface area contributed by atoms with Gasteiger partial charge in [0, 0.05) is 47.2 Å². The molecule has 4 atom stereocenters. The maximum atomic E-state index is 4.55. The van der Waals surface area contributed by atoms with Gasteiger partial charge in [-0.05, 0) is 19.0 Å². The lowest BCUT2D eigenvalue weighted by molar-refractivity contribution is 0.497. The van der Waals surface area contributed by atoms with Crippen LogP contribution >= 0.6 is 23.5 Å². The molecule has 3 nitrogen and oxygen atoms in total. The summed E-state index contributed by atoms with van der Waals surface area (Å²) in [6.07, 6.45) is 4.27. The van der Waals surface area contributed by atoms with Crippen LogP contribution in [0.1, 0.15) is 32.9 Å². The number of rotatable bonds is 6. The minimum atomic E-state index is 0.539. The van der Waals surface area contributed by atoms with Crippen LogP contribution in [-0.4, -0.2) is 43.9 Å². The summed E-state index contributed by atoms with van der Waals surface area (Å²) in [4.78, 5) is 0. The number of aryl methyl sites for hydroxylation is 1. The van der Waals surface area contributed by atoms with Gasteiger partial charge < -0.3 is 5.32 Å². The molecule has 0 bridgehead atoms. The minimum absolute atomic E-state index is 0.539. The quantitative estimate of drug-likeness (QED) is 0.874. The molecule has 1 saturated heterocycles. The van der Waals surface area contributed by atoms with Gasteiger partial charge in [0.2, 0.25) is 0 Å². The molecule has 0 aromatic carbocycles. The highest BCUT2D eigenvalue weighted by Gasteiger charge is 2.31. The molecule has 1 aliphatic rings. The molecular formula is C15H27N3S2. The van der Waals surface area contributed by atoms with Crippen molar-refractivity contribution < 1.29 is 0 Å². The van der Waals surface area contributed by atoms with Crippen LogP contribution in [0.15, 0.2) is 12.3 Å². The monoisotopic (exact) mass is 313 g/mol. The van der Waals surface area contributed by atoms with Gasteiger partial charge in [-0.1, -0.05) is 20.8 Å². The van der Waals surface area contributed by atoms with Crippen LogP contribution in [0.25, 0.3) is 0 Å². The van der Waals surface area contributed by atoms with Crippen molar-refractivity contribution in [1.29, 1.82) is 0 Å².